The minimum Gasteiger partial charge on any atom is -0.465 e. The van der Waals surface area contributed by atoms with Gasteiger partial charge in [0.1, 0.15) is 0 Å². The Kier molecular flexibility index (Phi) is 6.38. The van der Waals surface area contributed by atoms with Gasteiger partial charge in [0.2, 0.25) is 0 Å². The lowest BCUT2D eigenvalue weighted by molar-refractivity contribution is -0.142. The molecule has 1 atom stereocenters. The van der Waals surface area contributed by atoms with Crippen molar-refractivity contribution in [3.05, 3.63) is 12.7 Å². The molecule has 0 aromatic heterocycles. The van der Waals surface area contributed by atoms with E-state index in [1.807, 2.05) is 13.0 Å². The highest BCUT2D eigenvalue weighted by atomic mass is 16.5. The van der Waals surface area contributed by atoms with Crippen LogP contribution in [0.4, 0.5) is 0 Å². The number of nitrogens with one attached hydrogen (secondary N) is 1. The van der Waals surface area contributed by atoms with Crippen molar-refractivity contribution in [1.29, 1.82) is 0 Å². The Morgan fingerprint density at radius 1 is 1.75 bits per heavy atom. The SMILES string of the molecule is C=CCC(C)NCC(=O)OCC. The maximum atomic E-state index is 10.8. The Labute approximate surface area is 73.8 Å². The van der Waals surface area contributed by atoms with Crippen molar-refractivity contribution in [3.8, 4) is 0 Å². The Morgan fingerprint density at radius 2 is 2.42 bits per heavy atom. The van der Waals surface area contributed by atoms with Gasteiger partial charge in [0.15, 0.2) is 0 Å². The predicted octanol–water partition coefficient (Wildman–Crippen LogP) is 1.10. The third-order valence-corrected chi connectivity index (χ3v) is 1.42. The molecule has 0 aliphatic rings. The maximum Gasteiger partial charge on any atom is 0.319 e. The number of esters is 1. The van der Waals surface area contributed by atoms with Crippen LogP contribution in [0.2, 0.25) is 0 Å². The van der Waals surface area contributed by atoms with Gasteiger partial charge in [0.25, 0.3) is 0 Å². The van der Waals surface area contributed by atoms with E-state index in [-0.39, 0.29) is 18.6 Å². The number of ether oxygens (including phenoxy) is 1. The monoisotopic (exact) mass is 171 g/mol. The molecule has 70 valence electrons. The van der Waals surface area contributed by atoms with E-state index >= 15 is 0 Å². The fraction of sp³-hybridized carbons (Fsp3) is 0.667. The summed E-state index contributed by atoms with van der Waals surface area (Å²) in [6.45, 7) is 8.13. The van der Waals surface area contributed by atoms with Gasteiger partial charge >= 0.3 is 5.97 Å². The minimum atomic E-state index is -0.201. The van der Waals surface area contributed by atoms with Crippen LogP contribution in [0.15, 0.2) is 12.7 Å². The topological polar surface area (TPSA) is 38.3 Å². The molecule has 0 fully saturated rings. The van der Waals surface area contributed by atoms with E-state index in [1.54, 1.807) is 6.92 Å². The van der Waals surface area contributed by atoms with E-state index < -0.39 is 0 Å². The van der Waals surface area contributed by atoms with Gasteiger partial charge in [-0.25, -0.2) is 0 Å². The molecule has 0 amide bonds. The Balaban J connectivity index is 3.39. The third kappa shape index (κ3) is 5.92. The molecule has 1 N–H and O–H groups in total. The Bertz CT molecular complexity index is 145. The molecule has 0 heterocycles. The highest BCUT2D eigenvalue weighted by Crippen LogP contribution is 1.89. The first kappa shape index (κ1) is 11.2. The van der Waals surface area contributed by atoms with Gasteiger partial charge in [-0.15, -0.1) is 6.58 Å². The van der Waals surface area contributed by atoms with Gasteiger partial charge < -0.3 is 10.1 Å². The molecule has 12 heavy (non-hydrogen) atoms. The molecular formula is C9H17NO2. The van der Waals surface area contributed by atoms with E-state index in [1.165, 1.54) is 0 Å². The van der Waals surface area contributed by atoms with Crippen LogP contribution in [0.3, 0.4) is 0 Å². The van der Waals surface area contributed by atoms with E-state index in [0.717, 1.165) is 6.42 Å². The summed E-state index contributed by atoms with van der Waals surface area (Å²) in [5.41, 5.74) is 0. The van der Waals surface area contributed by atoms with Crippen LogP contribution >= 0.6 is 0 Å². The summed E-state index contributed by atoms with van der Waals surface area (Å²) in [4.78, 5) is 10.8. The average molecular weight is 171 g/mol. The molecule has 0 aliphatic carbocycles. The predicted molar refractivity (Wildman–Crippen MR) is 48.9 cm³/mol. The van der Waals surface area contributed by atoms with Crippen LogP contribution < -0.4 is 5.32 Å². The van der Waals surface area contributed by atoms with Crippen molar-refractivity contribution in [1.82, 2.24) is 5.32 Å². The highest BCUT2D eigenvalue weighted by molar-refractivity contribution is 5.71. The molecule has 0 saturated heterocycles. The Morgan fingerprint density at radius 3 is 2.92 bits per heavy atom. The summed E-state index contributed by atoms with van der Waals surface area (Å²) < 4.78 is 4.74. The number of hydrogen-bond donors (Lipinski definition) is 1. The highest BCUT2D eigenvalue weighted by Gasteiger charge is 2.03. The van der Waals surface area contributed by atoms with E-state index in [9.17, 15) is 4.79 Å². The Hall–Kier alpha value is -0.830. The van der Waals surface area contributed by atoms with Crippen molar-refractivity contribution < 1.29 is 9.53 Å². The molecule has 0 rings (SSSR count). The first-order chi connectivity index (χ1) is 5.70. The summed E-state index contributed by atoms with van der Waals surface area (Å²) in [6.07, 6.45) is 2.68. The van der Waals surface area contributed by atoms with E-state index in [0.29, 0.717) is 6.61 Å². The minimum absolute atomic E-state index is 0.201. The van der Waals surface area contributed by atoms with Crippen LogP contribution in [0, 0.1) is 0 Å². The van der Waals surface area contributed by atoms with Crippen molar-refractivity contribution in [3.63, 3.8) is 0 Å². The number of carbonyl (C=O) groups excluding carboxylic acids is 1. The molecule has 0 bridgehead atoms. The van der Waals surface area contributed by atoms with Crippen molar-refractivity contribution in [2.75, 3.05) is 13.2 Å². The van der Waals surface area contributed by atoms with E-state index in [2.05, 4.69) is 11.9 Å². The van der Waals surface area contributed by atoms with Crippen molar-refractivity contribution in [2.45, 2.75) is 26.3 Å². The van der Waals surface area contributed by atoms with Gasteiger partial charge in [0, 0.05) is 6.04 Å². The fourth-order valence-corrected chi connectivity index (χ4v) is 0.803. The molecule has 0 saturated carbocycles. The number of carbonyl (C=O) groups is 1. The second-order valence-electron chi connectivity index (χ2n) is 2.61. The lowest BCUT2D eigenvalue weighted by Crippen LogP contribution is -2.32. The number of rotatable bonds is 6. The zero-order valence-electron chi connectivity index (χ0n) is 7.80. The quantitative estimate of drug-likeness (QED) is 0.480. The van der Waals surface area contributed by atoms with Crippen LogP contribution in [-0.2, 0) is 9.53 Å². The first-order valence-electron chi connectivity index (χ1n) is 4.20. The second kappa shape index (κ2) is 6.85. The van der Waals surface area contributed by atoms with Crippen molar-refractivity contribution in [2.24, 2.45) is 0 Å². The van der Waals surface area contributed by atoms with Gasteiger partial charge in [-0.1, -0.05) is 6.08 Å². The molecule has 0 aromatic rings. The molecular weight excluding hydrogens is 154 g/mol. The van der Waals surface area contributed by atoms with E-state index in [4.69, 9.17) is 4.74 Å². The second-order valence-corrected chi connectivity index (χ2v) is 2.61. The van der Waals surface area contributed by atoms with Crippen LogP contribution in [0.25, 0.3) is 0 Å². The average Bonchev–Trinajstić information content (AvgIpc) is 2.02. The smallest absolute Gasteiger partial charge is 0.319 e. The molecule has 3 heteroatoms. The lowest BCUT2D eigenvalue weighted by Gasteiger charge is -2.10. The molecule has 0 aliphatic heterocycles. The normalized spacial score (nSPS) is 12.2. The zero-order chi connectivity index (χ0) is 9.40. The largest absolute Gasteiger partial charge is 0.465 e. The summed E-state index contributed by atoms with van der Waals surface area (Å²) in [7, 11) is 0. The molecule has 0 spiro atoms. The third-order valence-electron chi connectivity index (χ3n) is 1.42. The summed E-state index contributed by atoms with van der Waals surface area (Å²) in [6, 6.07) is 0.284. The van der Waals surface area contributed by atoms with Gasteiger partial charge in [0.05, 0.1) is 13.2 Å². The van der Waals surface area contributed by atoms with Crippen molar-refractivity contribution >= 4 is 5.97 Å². The zero-order valence-corrected chi connectivity index (χ0v) is 7.80. The van der Waals surface area contributed by atoms with Crippen LogP contribution in [-0.4, -0.2) is 25.2 Å². The van der Waals surface area contributed by atoms with Gasteiger partial charge in [-0.2, -0.15) is 0 Å². The summed E-state index contributed by atoms with van der Waals surface area (Å²) in [5, 5.41) is 3.02. The maximum absolute atomic E-state index is 10.8. The number of hydrogen-bond acceptors (Lipinski definition) is 3. The molecule has 3 nitrogen and oxygen atoms in total. The molecule has 1 unspecified atom stereocenters. The fourth-order valence-electron chi connectivity index (χ4n) is 0.803. The van der Waals surface area contributed by atoms with Crippen LogP contribution in [0.5, 0.6) is 0 Å². The molecule has 0 radical (unpaired) electrons. The molecule has 0 aromatic carbocycles. The lowest BCUT2D eigenvalue weighted by atomic mass is 10.2. The first-order valence-corrected chi connectivity index (χ1v) is 4.20. The van der Waals surface area contributed by atoms with Gasteiger partial charge in [-0.3, -0.25) is 4.79 Å². The standard InChI is InChI=1S/C9H17NO2/c1-4-6-8(3)10-7-9(11)12-5-2/h4,8,10H,1,5-7H2,2-3H3. The van der Waals surface area contributed by atoms with Gasteiger partial charge in [-0.05, 0) is 20.3 Å². The summed E-state index contributed by atoms with van der Waals surface area (Å²) >= 11 is 0. The summed E-state index contributed by atoms with van der Waals surface area (Å²) in [5.74, 6) is -0.201. The van der Waals surface area contributed by atoms with Crippen LogP contribution in [0.1, 0.15) is 20.3 Å².